The van der Waals surface area contributed by atoms with Gasteiger partial charge in [0.2, 0.25) is 5.95 Å². The minimum Gasteiger partial charge on any atom is -0.366 e. The summed E-state index contributed by atoms with van der Waals surface area (Å²) in [5, 5.41) is 13.6. The van der Waals surface area contributed by atoms with E-state index < -0.39 is 5.56 Å². The summed E-state index contributed by atoms with van der Waals surface area (Å²) >= 11 is 0. The van der Waals surface area contributed by atoms with Crippen LogP contribution >= 0.6 is 0 Å². The molecule has 4 rings (SSSR count). The Bertz CT molecular complexity index is 1330. The maximum atomic E-state index is 12.4. The number of rotatable bonds is 4. The molecule has 0 amide bonds. The summed E-state index contributed by atoms with van der Waals surface area (Å²) in [5.41, 5.74) is 7.65. The molecule has 1 aromatic heterocycles. The van der Waals surface area contributed by atoms with Crippen LogP contribution in [0.1, 0.15) is 37.5 Å². The molecule has 7 heteroatoms. The molecule has 0 atom stereocenters. The number of hydrogen-bond acceptors (Lipinski definition) is 6. The number of nitriles is 1. The van der Waals surface area contributed by atoms with Crippen molar-refractivity contribution in [2.45, 2.75) is 26.3 Å². The lowest BCUT2D eigenvalue weighted by molar-refractivity contribution is 0.598. The van der Waals surface area contributed by atoms with Gasteiger partial charge < -0.3 is 4.90 Å². The van der Waals surface area contributed by atoms with Crippen LogP contribution in [0.5, 0.6) is 0 Å². The highest BCUT2D eigenvalue weighted by atomic mass is 16.1. The number of likely N-dealkylation sites (N-methyl/N-ethyl adjacent to an activating group) is 1. The summed E-state index contributed by atoms with van der Waals surface area (Å²) in [6.07, 6.45) is 3.93. The fourth-order valence-corrected chi connectivity index (χ4v) is 3.86. The number of aromatic amines is 1. The van der Waals surface area contributed by atoms with Crippen LogP contribution in [0.25, 0.3) is 16.8 Å². The van der Waals surface area contributed by atoms with Crippen molar-refractivity contribution in [3.63, 3.8) is 0 Å². The highest BCUT2D eigenvalue weighted by Crippen LogP contribution is 2.37. The van der Waals surface area contributed by atoms with E-state index in [1.807, 2.05) is 30.3 Å². The first-order valence-electron chi connectivity index (χ1n) is 10.3. The maximum absolute atomic E-state index is 12.4. The Labute approximate surface area is 186 Å². The molecule has 0 unspecified atom stereocenters. The van der Waals surface area contributed by atoms with Crippen molar-refractivity contribution < 1.29 is 0 Å². The predicted octanol–water partition coefficient (Wildman–Crippen LogP) is 4.39. The Hall–Kier alpha value is -4.18. The van der Waals surface area contributed by atoms with Crippen LogP contribution in [-0.2, 0) is 0 Å². The lowest BCUT2D eigenvalue weighted by Gasteiger charge is -2.40. The monoisotopic (exact) mass is 424 g/mol. The molecule has 0 saturated heterocycles. The lowest BCUT2D eigenvalue weighted by Crippen LogP contribution is -2.42. The van der Waals surface area contributed by atoms with Crippen molar-refractivity contribution in [1.82, 2.24) is 9.97 Å². The molecule has 2 heterocycles. The number of hydrazone groups is 1. The Balaban J connectivity index is 1.61. The Morgan fingerprint density at radius 2 is 1.97 bits per heavy atom. The quantitative estimate of drug-likeness (QED) is 0.478. The van der Waals surface area contributed by atoms with Gasteiger partial charge >= 0.3 is 0 Å². The molecule has 0 bridgehead atoms. The first kappa shape index (κ1) is 21.1. The molecule has 160 valence electrons. The van der Waals surface area contributed by atoms with E-state index in [4.69, 9.17) is 0 Å². The second-order valence-corrected chi connectivity index (χ2v) is 8.30. The molecule has 1 aliphatic heterocycles. The van der Waals surface area contributed by atoms with E-state index in [0.717, 1.165) is 11.1 Å². The summed E-state index contributed by atoms with van der Waals surface area (Å²) in [6.45, 7) is 6.49. The van der Waals surface area contributed by atoms with Gasteiger partial charge in [-0.2, -0.15) is 10.4 Å². The minimum absolute atomic E-state index is 0.0327. The van der Waals surface area contributed by atoms with E-state index in [1.54, 1.807) is 18.3 Å². The van der Waals surface area contributed by atoms with Gasteiger partial charge in [0.15, 0.2) is 0 Å². The smallest absolute Gasteiger partial charge is 0.270 e. The molecule has 0 radical (unpaired) electrons. The number of anilines is 2. The third kappa shape index (κ3) is 3.91. The number of nitrogens with one attached hydrogen (secondary N) is 2. The average molecular weight is 425 g/mol. The van der Waals surface area contributed by atoms with E-state index in [0.29, 0.717) is 11.3 Å². The van der Waals surface area contributed by atoms with Crippen molar-refractivity contribution in [1.29, 1.82) is 5.26 Å². The van der Waals surface area contributed by atoms with Gasteiger partial charge in [0, 0.05) is 23.9 Å². The maximum Gasteiger partial charge on any atom is 0.270 e. The zero-order valence-corrected chi connectivity index (χ0v) is 18.5. The summed E-state index contributed by atoms with van der Waals surface area (Å²) in [4.78, 5) is 21.6. The largest absolute Gasteiger partial charge is 0.366 e. The Kier molecular flexibility index (Phi) is 5.37. The summed E-state index contributed by atoms with van der Waals surface area (Å²) < 4.78 is 0. The second kappa shape index (κ2) is 8.16. The van der Waals surface area contributed by atoms with E-state index >= 15 is 0 Å². The van der Waals surface area contributed by atoms with Gasteiger partial charge in [-0.25, -0.2) is 10.4 Å². The van der Waals surface area contributed by atoms with Crippen molar-refractivity contribution in [2.24, 2.45) is 5.10 Å². The number of H-pyrrole nitrogens is 1. The van der Waals surface area contributed by atoms with E-state index in [2.05, 4.69) is 71.4 Å². The third-order valence-corrected chi connectivity index (χ3v) is 5.70. The molecule has 0 aliphatic carbocycles. The van der Waals surface area contributed by atoms with E-state index in [-0.39, 0.29) is 17.1 Å². The number of aromatic nitrogens is 2. The fourth-order valence-electron chi connectivity index (χ4n) is 3.86. The number of nitrogens with zero attached hydrogens (tertiary/aromatic N) is 4. The van der Waals surface area contributed by atoms with Crippen LogP contribution in [0, 0.1) is 11.3 Å². The predicted molar refractivity (Wildman–Crippen MR) is 129 cm³/mol. The van der Waals surface area contributed by atoms with Crippen molar-refractivity contribution in [2.75, 3.05) is 17.4 Å². The highest BCUT2D eigenvalue weighted by Gasteiger charge is 2.28. The second-order valence-electron chi connectivity index (χ2n) is 8.30. The number of allylic oxidation sites excluding steroid dienone is 1. The summed E-state index contributed by atoms with van der Waals surface area (Å²) in [6, 6.07) is 17.2. The summed E-state index contributed by atoms with van der Waals surface area (Å²) in [5.74, 6) is 0.166. The number of benzene rings is 2. The highest BCUT2D eigenvalue weighted by molar-refractivity contribution is 5.88. The van der Waals surface area contributed by atoms with Gasteiger partial charge in [-0.3, -0.25) is 9.78 Å². The van der Waals surface area contributed by atoms with Gasteiger partial charge in [-0.15, -0.1) is 0 Å². The molecular weight excluding hydrogens is 400 g/mol. The van der Waals surface area contributed by atoms with E-state index in [1.165, 1.54) is 11.3 Å². The van der Waals surface area contributed by atoms with Crippen LogP contribution in [0.4, 0.5) is 11.6 Å². The molecule has 2 N–H and O–H groups in total. The van der Waals surface area contributed by atoms with Crippen LogP contribution in [-0.4, -0.2) is 28.8 Å². The Morgan fingerprint density at radius 3 is 2.69 bits per heavy atom. The van der Waals surface area contributed by atoms with Gasteiger partial charge in [0.25, 0.3) is 5.56 Å². The number of fused-ring (bicyclic) bond motifs is 1. The van der Waals surface area contributed by atoms with Gasteiger partial charge in [-0.05, 0) is 44.0 Å². The van der Waals surface area contributed by atoms with Crippen molar-refractivity contribution >= 4 is 23.4 Å². The molecule has 0 spiro atoms. The van der Waals surface area contributed by atoms with Crippen LogP contribution in [0.2, 0.25) is 0 Å². The fraction of sp³-hybridized carbons (Fsp3) is 0.200. The molecule has 1 aliphatic rings. The standard InChI is InChI=1S/C25H24N6O/c1-16-13-25(2,3)31(4)21-11-10-17(12-19(16)21)15-27-30-24-28-22(18-8-6-5-7-9-18)20(14-26)23(32)29-24/h5-13,15H,1-4H3,(H2,28,29,30,32). The minimum atomic E-state index is -0.515. The zero-order valence-electron chi connectivity index (χ0n) is 18.5. The molecule has 2 aromatic carbocycles. The topological polar surface area (TPSA) is 97.2 Å². The summed E-state index contributed by atoms with van der Waals surface area (Å²) in [7, 11) is 2.09. The first-order valence-corrected chi connectivity index (χ1v) is 10.3. The first-order chi connectivity index (χ1) is 15.3. The molecule has 0 saturated carbocycles. The van der Waals surface area contributed by atoms with Crippen LogP contribution in [0.15, 0.2) is 64.5 Å². The van der Waals surface area contributed by atoms with Gasteiger partial charge in [0.1, 0.15) is 11.6 Å². The molecule has 7 nitrogen and oxygen atoms in total. The molecule has 0 fully saturated rings. The Morgan fingerprint density at radius 1 is 1.22 bits per heavy atom. The van der Waals surface area contributed by atoms with Gasteiger partial charge in [0.05, 0.1) is 17.4 Å². The average Bonchev–Trinajstić information content (AvgIpc) is 2.77. The van der Waals surface area contributed by atoms with Crippen molar-refractivity contribution in [3.8, 4) is 17.3 Å². The third-order valence-electron chi connectivity index (χ3n) is 5.70. The SMILES string of the molecule is CC1=CC(C)(C)N(C)c2ccc(C=NNc3nc(-c4ccccc4)c(C#N)c(=O)[nH]3)cc21. The molecule has 32 heavy (non-hydrogen) atoms. The number of hydrogen-bond donors (Lipinski definition) is 2. The van der Waals surface area contributed by atoms with Crippen molar-refractivity contribution in [3.05, 3.63) is 81.7 Å². The van der Waals surface area contributed by atoms with Gasteiger partial charge in [-0.1, -0.05) is 42.5 Å². The van der Waals surface area contributed by atoms with Crippen LogP contribution in [0.3, 0.4) is 0 Å². The van der Waals surface area contributed by atoms with E-state index in [9.17, 15) is 10.1 Å². The molecule has 3 aromatic rings. The van der Waals surface area contributed by atoms with Crippen LogP contribution < -0.4 is 15.9 Å². The molecular formula is C25H24N6O. The lowest BCUT2D eigenvalue weighted by atomic mass is 9.89. The zero-order chi connectivity index (χ0) is 22.9. The normalized spacial score (nSPS) is 14.6.